The van der Waals surface area contributed by atoms with Gasteiger partial charge in [0.15, 0.2) is 0 Å². The van der Waals surface area contributed by atoms with Gasteiger partial charge in [0.2, 0.25) is 0 Å². The van der Waals surface area contributed by atoms with Crippen molar-refractivity contribution in [3.05, 3.63) is 35.4 Å². The fourth-order valence-corrected chi connectivity index (χ4v) is 2.11. The smallest absolute Gasteiger partial charge is 0.396 e. The minimum absolute atomic E-state index is 0.00382. The Kier molecular flexibility index (Phi) is 7.14. The molecule has 1 aromatic rings. The van der Waals surface area contributed by atoms with Crippen LogP contribution >= 0.6 is 0 Å². The molecular formula is C15H22F3NO2. The van der Waals surface area contributed by atoms with Gasteiger partial charge in [0.05, 0.1) is 12.2 Å². The second-order valence-electron chi connectivity index (χ2n) is 5.19. The fourth-order valence-electron chi connectivity index (χ4n) is 2.11. The molecule has 0 saturated carbocycles. The highest BCUT2D eigenvalue weighted by molar-refractivity contribution is 5.24. The van der Waals surface area contributed by atoms with Crippen molar-refractivity contribution in [2.75, 3.05) is 13.2 Å². The average molecular weight is 305 g/mol. The minimum Gasteiger partial charge on any atom is -0.396 e. The van der Waals surface area contributed by atoms with Crippen LogP contribution in [0.5, 0.6) is 0 Å². The summed E-state index contributed by atoms with van der Waals surface area (Å²) in [6.45, 7) is 1.90. The average Bonchev–Trinajstić information content (AvgIpc) is 2.44. The van der Waals surface area contributed by atoms with Gasteiger partial charge in [-0.05, 0) is 43.9 Å². The van der Waals surface area contributed by atoms with E-state index in [1.807, 2.05) is 6.92 Å². The normalized spacial score (nSPS) is 15.0. The number of halogens is 3. The van der Waals surface area contributed by atoms with Gasteiger partial charge in [-0.3, -0.25) is 0 Å². The van der Waals surface area contributed by atoms with E-state index in [9.17, 15) is 13.2 Å². The fraction of sp³-hybridized carbons (Fsp3) is 0.600. The number of rotatable bonds is 8. The van der Waals surface area contributed by atoms with E-state index < -0.39 is 11.7 Å². The molecule has 0 fully saturated rings. The van der Waals surface area contributed by atoms with E-state index >= 15 is 0 Å². The predicted octanol–water partition coefficient (Wildman–Crippen LogP) is 2.36. The second kappa shape index (κ2) is 8.36. The lowest BCUT2D eigenvalue weighted by Gasteiger charge is -2.21. The van der Waals surface area contributed by atoms with Crippen LogP contribution in [0.1, 0.15) is 30.9 Å². The van der Waals surface area contributed by atoms with Crippen LogP contribution in [0.15, 0.2) is 24.3 Å². The van der Waals surface area contributed by atoms with Crippen molar-refractivity contribution in [1.29, 1.82) is 0 Å². The number of aliphatic hydroxyl groups excluding tert-OH is 2. The Morgan fingerprint density at radius 1 is 1.10 bits per heavy atom. The zero-order chi connectivity index (χ0) is 15.9. The topological polar surface area (TPSA) is 52.5 Å². The second-order valence-corrected chi connectivity index (χ2v) is 5.19. The molecule has 6 heteroatoms. The van der Waals surface area contributed by atoms with E-state index in [0.717, 1.165) is 24.1 Å². The van der Waals surface area contributed by atoms with Gasteiger partial charge in [-0.25, -0.2) is 0 Å². The molecule has 0 aliphatic rings. The predicted molar refractivity (Wildman–Crippen MR) is 74.9 cm³/mol. The molecule has 0 heterocycles. The number of alkyl halides is 3. The molecule has 0 aliphatic carbocycles. The summed E-state index contributed by atoms with van der Waals surface area (Å²) < 4.78 is 37.3. The van der Waals surface area contributed by atoms with Crippen molar-refractivity contribution in [2.24, 2.45) is 0 Å². The Labute approximate surface area is 122 Å². The van der Waals surface area contributed by atoms with Gasteiger partial charge in [-0.15, -0.1) is 0 Å². The standard InChI is InChI=1S/C15H22F3NO2/c1-11(19-14(10-21)8-9-20)2-3-12-4-6-13(7-5-12)15(16,17)18/h4-7,11,14,19-21H,2-3,8-10H2,1H3. The van der Waals surface area contributed by atoms with Crippen molar-refractivity contribution in [1.82, 2.24) is 5.32 Å². The third-order valence-electron chi connectivity index (χ3n) is 3.37. The largest absolute Gasteiger partial charge is 0.416 e. The van der Waals surface area contributed by atoms with Crippen molar-refractivity contribution >= 4 is 0 Å². The molecule has 3 nitrogen and oxygen atoms in total. The summed E-state index contributed by atoms with van der Waals surface area (Å²) in [6, 6.07) is 5.12. The molecule has 3 N–H and O–H groups in total. The van der Waals surface area contributed by atoms with Crippen LogP contribution in [0.4, 0.5) is 13.2 Å². The number of hydrogen-bond acceptors (Lipinski definition) is 3. The lowest BCUT2D eigenvalue weighted by Crippen LogP contribution is -2.39. The van der Waals surface area contributed by atoms with Crippen molar-refractivity contribution < 1.29 is 23.4 Å². The zero-order valence-corrected chi connectivity index (χ0v) is 12.0. The van der Waals surface area contributed by atoms with Crippen molar-refractivity contribution in [3.8, 4) is 0 Å². The van der Waals surface area contributed by atoms with Gasteiger partial charge in [0, 0.05) is 18.7 Å². The molecule has 0 aliphatic heterocycles. The summed E-state index contributed by atoms with van der Waals surface area (Å²) in [5.74, 6) is 0. The number of benzene rings is 1. The molecule has 0 amide bonds. The third kappa shape index (κ3) is 6.46. The van der Waals surface area contributed by atoms with Gasteiger partial charge in [0.25, 0.3) is 0 Å². The highest BCUT2D eigenvalue weighted by atomic mass is 19.4. The molecule has 0 radical (unpaired) electrons. The van der Waals surface area contributed by atoms with Crippen molar-refractivity contribution in [2.45, 2.75) is 44.4 Å². The highest BCUT2D eigenvalue weighted by Gasteiger charge is 2.29. The first-order valence-corrected chi connectivity index (χ1v) is 7.00. The molecule has 0 saturated heterocycles. The first kappa shape index (κ1) is 17.9. The monoisotopic (exact) mass is 305 g/mol. The molecule has 1 rings (SSSR count). The Morgan fingerprint density at radius 2 is 1.71 bits per heavy atom. The van der Waals surface area contributed by atoms with Gasteiger partial charge in [0.1, 0.15) is 0 Å². The summed E-state index contributed by atoms with van der Waals surface area (Å²) in [6.07, 6.45) is -2.43. The lowest BCUT2D eigenvalue weighted by atomic mass is 10.0. The first-order chi connectivity index (χ1) is 9.86. The summed E-state index contributed by atoms with van der Waals surface area (Å²) in [4.78, 5) is 0. The number of nitrogens with one attached hydrogen (secondary N) is 1. The Morgan fingerprint density at radius 3 is 2.19 bits per heavy atom. The summed E-state index contributed by atoms with van der Waals surface area (Å²) in [5.41, 5.74) is 0.208. The Balaban J connectivity index is 2.44. The van der Waals surface area contributed by atoms with Crippen LogP contribution in [-0.2, 0) is 12.6 Å². The Bertz CT molecular complexity index is 406. The highest BCUT2D eigenvalue weighted by Crippen LogP contribution is 2.29. The van der Waals surface area contributed by atoms with Crippen LogP contribution in [0, 0.1) is 0 Å². The van der Waals surface area contributed by atoms with Crippen LogP contribution in [0.2, 0.25) is 0 Å². The first-order valence-electron chi connectivity index (χ1n) is 7.00. The molecule has 21 heavy (non-hydrogen) atoms. The van der Waals surface area contributed by atoms with Crippen LogP contribution in [0.3, 0.4) is 0 Å². The maximum absolute atomic E-state index is 12.4. The lowest BCUT2D eigenvalue weighted by molar-refractivity contribution is -0.137. The van der Waals surface area contributed by atoms with E-state index in [1.54, 1.807) is 0 Å². The molecule has 2 atom stereocenters. The molecule has 2 unspecified atom stereocenters. The van der Waals surface area contributed by atoms with Gasteiger partial charge >= 0.3 is 6.18 Å². The van der Waals surface area contributed by atoms with E-state index in [1.165, 1.54) is 12.1 Å². The number of aliphatic hydroxyl groups is 2. The van der Waals surface area contributed by atoms with E-state index in [2.05, 4.69) is 5.32 Å². The van der Waals surface area contributed by atoms with E-state index in [0.29, 0.717) is 12.8 Å². The number of aryl methyl sites for hydroxylation is 1. The maximum Gasteiger partial charge on any atom is 0.416 e. The van der Waals surface area contributed by atoms with Gasteiger partial charge in [-0.2, -0.15) is 13.2 Å². The third-order valence-corrected chi connectivity index (χ3v) is 3.37. The van der Waals surface area contributed by atoms with E-state index in [4.69, 9.17) is 10.2 Å². The SMILES string of the molecule is CC(CCc1ccc(C(F)(F)F)cc1)NC(CO)CCO. The van der Waals surface area contributed by atoms with Gasteiger partial charge < -0.3 is 15.5 Å². The van der Waals surface area contributed by atoms with Crippen molar-refractivity contribution in [3.63, 3.8) is 0 Å². The summed E-state index contributed by atoms with van der Waals surface area (Å²) in [5, 5.41) is 21.1. The summed E-state index contributed by atoms with van der Waals surface area (Å²) in [7, 11) is 0. The molecule has 1 aromatic carbocycles. The van der Waals surface area contributed by atoms with Gasteiger partial charge in [-0.1, -0.05) is 12.1 Å². The molecule has 0 spiro atoms. The Hall–Kier alpha value is -1.11. The zero-order valence-electron chi connectivity index (χ0n) is 12.0. The van der Waals surface area contributed by atoms with Crippen LogP contribution in [-0.4, -0.2) is 35.5 Å². The molecule has 0 bridgehead atoms. The minimum atomic E-state index is -4.30. The molecule has 120 valence electrons. The molecular weight excluding hydrogens is 283 g/mol. The van der Waals surface area contributed by atoms with Crippen LogP contribution in [0.25, 0.3) is 0 Å². The number of hydrogen-bond donors (Lipinski definition) is 3. The van der Waals surface area contributed by atoms with E-state index in [-0.39, 0.29) is 25.3 Å². The molecule has 0 aromatic heterocycles. The van der Waals surface area contributed by atoms with Crippen LogP contribution < -0.4 is 5.32 Å². The quantitative estimate of drug-likeness (QED) is 0.691. The maximum atomic E-state index is 12.4. The summed E-state index contributed by atoms with van der Waals surface area (Å²) >= 11 is 0.